The smallest absolute Gasteiger partial charge is 0.336 e. The molecule has 0 saturated heterocycles. The first-order valence-electron chi connectivity index (χ1n) is 1.93. The van der Waals surface area contributed by atoms with Crippen LogP contribution in [0.4, 0.5) is 0 Å². The molecule has 0 spiro atoms. The molecule has 0 aliphatic heterocycles. The summed E-state index contributed by atoms with van der Waals surface area (Å²) in [5, 5.41) is 0. The van der Waals surface area contributed by atoms with Gasteiger partial charge in [0.05, 0.1) is 0 Å². The third-order valence-electron chi connectivity index (χ3n) is 0.557. The van der Waals surface area contributed by atoms with Crippen LogP contribution < -0.4 is 5.90 Å². The van der Waals surface area contributed by atoms with E-state index in [0.29, 0.717) is 7.48 Å². The van der Waals surface area contributed by atoms with E-state index in [1.165, 1.54) is 0 Å². The van der Waals surface area contributed by atoms with Gasteiger partial charge >= 0.3 is 7.48 Å². The van der Waals surface area contributed by atoms with Crippen LogP contribution in [0.5, 0.6) is 0 Å². The van der Waals surface area contributed by atoms with Gasteiger partial charge in [-0.1, -0.05) is 18.1 Å². The standard InChI is InChI=1S/C4H8BNO/c1-3-4(2)5-7-6/h3,5H,1-2,6H2. The Labute approximate surface area is 43.9 Å². The highest BCUT2D eigenvalue weighted by Gasteiger charge is 1.86. The lowest BCUT2D eigenvalue weighted by Gasteiger charge is -1.88. The van der Waals surface area contributed by atoms with Gasteiger partial charge in [-0.25, -0.2) is 5.90 Å². The molecule has 3 heteroatoms. The van der Waals surface area contributed by atoms with Gasteiger partial charge in [-0.3, -0.25) is 0 Å². The van der Waals surface area contributed by atoms with Gasteiger partial charge < -0.3 is 4.76 Å². The number of hydrogen-bond donors (Lipinski definition) is 1. The van der Waals surface area contributed by atoms with Crippen molar-refractivity contribution in [3.8, 4) is 0 Å². The second-order valence-electron chi connectivity index (χ2n) is 1.17. The van der Waals surface area contributed by atoms with Gasteiger partial charge in [0, 0.05) is 0 Å². The molecular formula is C4H8BNO. The minimum absolute atomic E-state index is 0.365. The van der Waals surface area contributed by atoms with Crippen molar-refractivity contribution in [3.05, 3.63) is 24.7 Å². The van der Waals surface area contributed by atoms with Crippen LogP contribution in [0.25, 0.3) is 0 Å². The van der Waals surface area contributed by atoms with Gasteiger partial charge in [-0.15, -0.1) is 6.58 Å². The van der Waals surface area contributed by atoms with Crippen molar-refractivity contribution in [2.24, 2.45) is 5.90 Å². The second-order valence-corrected chi connectivity index (χ2v) is 1.17. The highest BCUT2D eigenvalue weighted by molar-refractivity contribution is 6.38. The van der Waals surface area contributed by atoms with Crippen LogP contribution in [0, 0.1) is 0 Å². The van der Waals surface area contributed by atoms with Gasteiger partial charge in [-0.2, -0.15) is 0 Å². The lowest BCUT2D eigenvalue weighted by Crippen LogP contribution is -2.05. The molecule has 0 radical (unpaired) electrons. The summed E-state index contributed by atoms with van der Waals surface area (Å²) in [6.07, 6.45) is 1.60. The number of hydrogen-bond acceptors (Lipinski definition) is 2. The molecule has 0 aliphatic carbocycles. The van der Waals surface area contributed by atoms with E-state index < -0.39 is 0 Å². The van der Waals surface area contributed by atoms with Crippen LogP contribution in [-0.2, 0) is 4.76 Å². The molecule has 38 valence electrons. The minimum Gasteiger partial charge on any atom is -0.365 e. The molecule has 2 nitrogen and oxygen atoms in total. The number of allylic oxidation sites excluding steroid dienone is 2. The summed E-state index contributed by atoms with van der Waals surface area (Å²) in [5.41, 5.74) is 0.794. The molecule has 0 aliphatic rings. The summed E-state index contributed by atoms with van der Waals surface area (Å²) in [6, 6.07) is 0. The van der Waals surface area contributed by atoms with Crippen molar-refractivity contribution in [3.63, 3.8) is 0 Å². The van der Waals surface area contributed by atoms with E-state index in [2.05, 4.69) is 17.9 Å². The van der Waals surface area contributed by atoms with Crippen LogP contribution in [0.1, 0.15) is 0 Å². The fourth-order valence-corrected chi connectivity index (χ4v) is 0.166. The lowest BCUT2D eigenvalue weighted by molar-refractivity contribution is 0.360. The van der Waals surface area contributed by atoms with E-state index in [4.69, 9.17) is 5.90 Å². The third kappa shape index (κ3) is 3.29. The molecule has 0 atom stereocenters. The SMILES string of the molecule is C=CC(=C)BON. The Hall–Kier alpha value is -0.535. The molecule has 0 aromatic rings. The molecule has 0 saturated carbocycles. The molecule has 0 fully saturated rings. The zero-order valence-electron chi connectivity index (χ0n) is 4.18. The van der Waals surface area contributed by atoms with Crippen LogP contribution in [-0.4, -0.2) is 7.48 Å². The minimum atomic E-state index is 0.365. The van der Waals surface area contributed by atoms with Gasteiger partial charge in [0.1, 0.15) is 0 Å². The van der Waals surface area contributed by atoms with Crippen molar-refractivity contribution in [2.45, 2.75) is 0 Å². The maximum Gasteiger partial charge on any atom is 0.336 e. The van der Waals surface area contributed by atoms with Gasteiger partial charge in [-0.05, 0) is 0 Å². The Bertz CT molecular complexity index is 81.8. The van der Waals surface area contributed by atoms with Gasteiger partial charge in [0.2, 0.25) is 0 Å². The van der Waals surface area contributed by atoms with Crippen molar-refractivity contribution in [2.75, 3.05) is 0 Å². The molecule has 0 aromatic heterocycles. The van der Waals surface area contributed by atoms with Crippen molar-refractivity contribution >= 4 is 7.48 Å². The molecular weight excluding hydrogens is 88.9 g/mol. The zero-order valence-corrected chi connectivity index (χ0v) is 4.18. The molecule has 0 amide bonds. The topological polar surface area (TPSA) is 35.2 Å². The van der Waals surface area contributed by atoms with Crippen LogP contribution in [0.2, 0.25) is 0 Å². The summed E-state index contributed by atoms with van der Waals surface area (Å²) in [4.78, 5) is 0. The Morgan fingerprint density at radius 1 is 1.86 bits per heavy atom. The normalized spacial score (nSPS) is 7.57. The molecule has 0 heterocycles. The van der Waals surface area contributed by atoms with Gasteiger partial charge in [0.15, 0.2) is 0 Å². The summed E-state index contributed by atoms with van der Waals surface area (Å²) < 4.78 is 4.22. The lowest BCUT2D eigenvalue weighted by atomic mass is 9.90. The molecule has 0 bridgehead atoms. The first kappa shape index (κ1) is 6.46. The second kappa shape index (κ2) is 3.65. The predicted octanol–water partition coefficient (Wildman–Crippen LogP) is -0.0721. The van der Waals surface area contributed by atoms with Crippen molar-refractivity contribution in [1.82, 2.24) is 0 Å². The Kier molecular flexibility index (Phi) is 3.37. The molecule has 2 N–H and O–H groups in total. The highest BCUT2D eigenvalue weighted by atomic mass is 16.6. The Morgan fingerprint density at radius 2 is 2.43 bits per heavy atom. The van der Waals surface area contributed by atoms with Crippen LogP contribution >= 0.6 is 0 Å². The fraction of sp³-hybridized carbons (Fsp3) is 0. The molecule has 0 rings (SSSR count). The maximum atomic E-state index is 4.70. The average Bonchev–Trinajstić information content (AvgIpc) is 1.68. The third-order valence-corrected chi connectivity index (χ3v) is 0.557. The number of rotatable bonds is 3. The molecule has 0 aromatic carbocycles. The van der Waals surface area contributed by atoms with Crippen LogP contribution in [0.3, 0.4) is 0 Å². The average molecular weight is 96.9 g/mol. The van der Waals surface area contributed by atoms with Crippen LogP contribution in [0.15, 0.2) is 24.7 Å². The zero-order chi connectivity index (χ0) is 5.70. The Balaban J connectivity index is 3.17. The van der Waals surface area contributed by atoms with E-state index in [0.717, 1.165) is 5.47 Å². The summed E-state index contributed by atoms with van der Waals surface area (Å²) in [5.74, 6) is 4.70. The van der Waals surface area contributed by atoms with E-state index in [1.807, 2.05) is 0 Å². The van der Waals surface area contributed by atoms with E-state index in [1.54, 1.807) is 6.08 Å². The van der Waals surface area contributed by atoms with E-state index in [9.17, 15) is 0 Å². The number of nitrogens with two attached hydrogens (primary N) is 1. The quantitative estimate of drug-likeness (QED) is 0.304. The fourth-order valence-electron chi connectivity index (χ4n) is 0.166. The van der Waals surface area contributed by atoms with Crippen molar-refractivity contribution in [1.29, 1.82) is 0 Å². The van der Waals surface area contributed by atoms with E-state index >= 15 is 0 Å². The summed E-state index contributed by atoms with van der Waals surface area (Å²) >= 11 is 0. The monoisotopic (exact) mass is 97.1 g/mol. The summed E-state index contributed by atoms with van der Waals surface area (Å²) in [6.45, 7) is 6.98. The van der Waals surface area contributed by atoms with E-state index in [-0.39, 0.29) is 0 Å². The maximum absolute atomic E-state index is 4.70. The Morgan fingerprint density at radius 3 is 2.57 bits per heavy atom. The summed E-state index contributed by atoms with van der Waals surface area (Å²) in [7, 11) is 0.365. The first-order valence-corrected chi connectivity index (χ1v) is 1.93. The molecule has 7 heavy (non-hydrogen) atoms. The largest absolute Gasteiger partial charge is 0.365 e. The van der Waals surface area contributed by atoms with Gasteiger partial charge in [0.25, 0.3) is 0 Å². The highest BCUT2D eigenvalue weighted by Crippen LogP contribution is 1.83. The van der Waals surface area contributed by atoms with Crippen molar-refractivity contribution < 1.29 is 4.76 Å². The molecule has 0 unspecified atom stereocenters. The first-order chi connectivity index (χ1) is 3.31. The predicted molar refractivity (Wildman–Crippen MR) is 31.8 cm³/mol.